The second-order valence-electron chi connectivity index (χ2n) is 4.73. The Morgan fingerprint density at radius 2 is 2.00 bits per heavy atom. The van der Waals surface area contributed by atoms with E-state index in [1.165, 1.54) is 23.6 Å². The summed E-state index contributed by atoms with van der Waals surface area (Å²) in [5.74, 6) is -0.859. The number of nitrogens with one attached hydrogen (secondary N) is 1. The summed E-state index contributed by atoms with van der Waals surface area (Å²) < 4.78 is 0. The Kier molecular flexibility index (Phi) is 4.85. The molecule has 0 bridgehead atoms. The van der Waals surface area contributed by atoms with Crippen molar-refractivity contribution in [2.24, 2.45) is 0 Å². The van der Waals surface area contributed by atoms with Crippen LogP contribution >= 0.6 is 11.8 Å². The van der Waals surface area contributed by atoms with E-state index in [1.54, 1.807) is 24.3 Å². The van der Waals surface area contributed by atoms with Crippen LogP contribution in [-0.2, 0) is 9.59 Å². The van der Waals surface area contributed by atoms with Crippen LogP contribution in [0, 0.1) is 0 Å². The molecule has 2 amide bonds. The maximum Gasteiger partial charge on any atom is 0.325 e. The summed E-state index contributed by atoms with van der Waals surface area (Å²) in [4.78, 5) is 36.8. The summed E-state index contributed by atoms with van der Waals surface area (Å²) in [7, 11) is 0. The van der Waals surface area contributed by atoms with Crippen LogP contribution in [0.2, 0.25) is 0 Å². The fourth-order valence-electron chi connectivity index (χ4n) is 1.98. The minimum Gasteiger partial charge on any atom is -0.480 e. The quantitative estimate of drug-likeness (QED) is 0.859. The number of carboxylic acid groups (broad SMARTS) is 1. The van der Waals surface area contributed by atoms with Gasteiger partial charge in [-0.05, 0) is 19.1 Å². The molecule has 1 aromatic carbocycles. The Hall–Kier alpha value is -2.02. The zero-order chi connectivity index (χ0) is 15.4. The van der Waals surface area contributed by atoms with E-state index in [0.29, 0.717) is 17.2 Å². The number of carbonyl (C=O) groups is 3. The summed E-state index contributed by atoms with van der Waals surface area (Å²) >= 11 is 1.47. The SMILES string of the molecule is C[C@H](NC(=O)C1CSCN1C(=O)c1ccccc1)C(=O)O. The molecular weight excluding hydrogens is 292 g/mol. The van der Waals surface area contributed by atoms with Crippen molar-refractivity contribution in [3.63, 3.8) is 0 Å². The van der Waals surface area contributed by atoms with Gasteiger partial charge >= 0.3 is 5.97 Å². The lowest BCUT2D eigenvalue weighted by molar-refractivity contribution is -0.141. The van der Waals surface area contributed by atoms with Gasteiger partial charge in [0.2, 0.25) is 5.91 Å². The molecule has 21 heavy (non-hydrogen) atoms. The van der Waals surface area contributed by atoms with E-state index in [1.807, 2.05) is 6.07 Å². The lowest BCUT2D eigenvalue weighted by atomic mass is 10.1. The smallest absolute Gasteiger partial charge is 0.325 e. The zero-order valence-electron chi connectivity index (χ0n) is 11.5. The van der Waals surface area contributed by atoms with E-state index >= 15 is 0 Å². The highest BCUT2D eigenvalue weighted by molar-refractivity contribution is 7.99. The van der Waals surface area contributed by atoms with Gasteiger partial charge in [-0.25, -0.2) is 0 Å². The number of carbonyl (C=O) groups excluding carboxylic acids is 2. The van der Waals surface area contributed by atoms with Gasteiger partial charge in [-0.15, -0.1) is 11.8 Å². The van der Waals surface area contributed by atoms with Crippen LogP contribution in [0.4, 0.5) is 0 Å². The molecule has 1 aliphatic heterocycles. The maximum absolute atomic E-state index is 12.4. The summed E-state index contributed by atoms with van der Waals surface area (Å²) in [6.45, 7) is 1.39. The molecule has 1 fully saturated rings. The van der Waals surface area contributed by atoms with Crippen molar-refractivity contribution >= 4 is 29.5 Å². The van der Waals surface area contributed by atoms with E-state index in [4.69, 9.17) is 5.11 Å². The van der Waals surface area contributed by atoms with Gasteiger partial charge in [0.1, 0.15) is 12.1 Å². The van der Waals surface area contributed by atoms with Crippen LogP contribution < -0.4 is 5.32 Å². The lowest BCUT2D eigenvalue weighted by Gasteiger charge is -2.24. The third-order valence-electron chi connectivity index (χ3n) is 3.20. The van der Waals surface area contributed by atoms with Crippen LogP contribution in [0.5, 0.6) is 0 Å². The zero-order valence-corrected chi connectivity index (χ0v) is 12.3. The standard InChI is InChI=1S/C14H16N2O4S/c1-9(14(19)20)15-12(17)11-7-21-8-16(11)13(18)10-5-3-2-4-6-10/h2-6,9,11H,7-8H2,1H3,(H,15,17)(H,19,20)/t9-,11?/m0/s1. The lowest BCUT2D eigenvalue weighted by Crippen LogP contribution is -2.51. The Morgan fingerprint density at radius 1 is 1.33 bits per heavy atom. The Labute approximate surface area is 126 Å². The first-order valence-corrected chi connectivity index (χ1v) is 7.63. The molecule has 1 saturated heterocycles. The molecule has 0 saturated carbocycles. The largest absolute Gasteiger partial charge is 0.480 e. The first-order valence-electron chi connectivity index (χ1n) is 6.47. The molecule has 2 atom stereocenters. The van der Waals surface area contributed by atoms with Gasteiger partial charge in [0, 0.05) is 11.3 Å². The van der Waals surface area contributed by atoms with Crippen LogP contribution in [0.3, 0.4) is 0 Å². The highest BCUT2D eigenvalue weighted by Gasteiger charge is 2.35. The Bertz CT molecular complexity index is 549. The third-order valence-corrected chi connectivity index (χ3v) is 4.21. The van der Waals surface area contributed by atoms with Crippen molar-refractivity contribution in [2.75, 3.05) is 11.6 Å². The fraction of sp³-hybridized carbons (Fsp3) is 0.357. The Balaban J connectivity index is 2.08. The molecule has 0 spiro atoms. The highest BCUT2D eigenvalue weighted by Crippen LogP contribution is 2.23. The number of hydrogen-bond acceptors (Lipinski definition) is 4. The van der Waals surface area contributed by atoms with Crippen molar-refractivity contribution in [3.05, 3.63) is 35.9 Å². The molecule has 1 unspecified atom stereocenters. The van der Waals surface area contributed by atoms with Gasteiger partial charge in [-0.3, -0.25) is 14.4 Å². The molecule has 1 aliphatic rings. The average Bonchev–Trinajstić information content (AvgIpc) is 2.96. The molecule has 2 rings (SSSR count). The van der Waals surface area contributed by atoms with Gasteiger partial charge in [-0.1, -0.05) is 18.2 Å². The molecule has 0 radical (unpaired) electrons. The van der Waals surface area contributed by atoms with E-state index in [9.17, 15) is 14.4 Å². The van der Waals surface area contributed by atoms with Gasteiger partial charge in [-0.2, -0.15) is 0 Å². The number of thioether (sulfide) groups is 1. The number of nitrogens with zero attached hydrogens (tertiary/aromatic N) is 1. The van der Waals surface area contributed by atoms with Crippen LogP contribution in [0.1, 0.15) is 17.3 Å². The van der Waals surface area contributed by atoms with Crippen molar-refractivity contribution < 1.29 is 19.5 Å². The average molecular weight is 308 g/mol. The number of amides is 2. The van der Waals surface area contributed by atoms with Crippen LogP contribution in [0.15, 0.2) is 30.3 Å². The molecule has 0 aromatic heterocycles. The summed E-state index contributed by atoms with van der Waals surface area (Å²) in [6, 6.07) is 7.12. The van der Waals surface area contributed by atoms with Crippen molar-refractivity contribution in [3.8, 4) is 0 Å². The third kappa shape index (κ3) is 3.55. The number of carboxylic acids is 1. The first-order chi connectivity index (χ1) is 10.0. The molecule has 0 aliphatic carbocycles. The second kappa shape index (κ2) is 6.62. The van der Waals surface area contributed by atoms with Crippen LogP contribution in [-0.4, -0.2) is 51.5 Å². The second-order valence-corrected chi connectivity index (χ2v) is 5.72. The molecule has 1 aromatic rings. The van der Waals surface area contributed by atoms with E-state index in [2.05, 4.69) is 5.32 Å². The molecule has 1 heterocycles. The van der Waals surface area contributed by atoms with Crippen molar-refractivity contribution in [1.29, 1.82) is 0 Å². The number of rotatable bonds is 4. The molecule has 6 nitrogen and oxygen atoms in total. The number of aliphatic carboxylic acids is 1. The number of benzene rings is 1. The summed E-state index contributed by atoms with van der Waals surface area (Å²) in [5.41, 5.74) is 0.518. The van der Waals surface area contributed by atoms with Crippen molar-refractivity contribution in [1.82, 2.24) is 10.2 Å². The van der Waals surface area contributed by atoms with E-state index in [-0.39, 0.29) is 5.91 Å². The summed E-state index contributed by atoms with van der Waals surface area (Å²) in [6.07, 6.45) is 0. The summed E-state index contributed by atoms with van der Waals surface area (Å²) in [5, 5.41) is 11.2. The normalized spacial score (nSPS) is 19.1. The minimum absolute atomic E-state index is 0.219. The predicted molar refractivity (Wildman–Crippen MR) is 79.0 cm³/mol. The van der Waals surface area contributed by atoms with Gasteiger partial charge in [0.05, 0.1) is 5.88 Å². The molecule has 112 valence electrons. The van der Waals surface area contributed by atoms with E-state index in [0.717, 1.165) is 0 Å². The number of hydrogen-bond donors (Lipinski definition) is 2. The van der Waals surface area contributed by atoms with Crippen molar-refractivity contribution in [2.45, 2.75) is 19.0 Å². The molecule has 2 N–H and O–H groups in total. The minimum atomic E-state index is -1.10. The van der Waals surface area contributed by atoms with Gasteiger partial charge < -0.3 is 15.3 Å². The molecule has 7 heteroatoms. The predicted octanol–water partition coefficient (Wildman–Crippen LogP) is 0.791. The topological polar surface area (TPSA) is 86.7 Å². The Morgan fingerprint density at radius 3 is 2.62 bits per heavy atom. The maximum atomic E-state index is 12.4. The fourth-order valence-corrected chi connectivity index (χ4v) is 3.13. The molecular formula is C14H16N2O4S. The van der Waals surface area contributed by atoms with Gasteiger partial charge in [0.25, 0.3) is 5.91 Å². The van der Waals surface area contributed by atoms with E-state index < -0.39 is 24.0 Å². The van der Waals surface area contributed by atoms with Crippen LogP contribution in [0.25, 0.3) is 0 Å². The highest BCUT2D eigenvalue weighted by atomic mass is 32.2. The van der Waals surface area contributed by atoms with Gasteiger partial charge in [0.15, 0.2) is 0 Å². The first kappa shape index (κ1) is 15.4. The monoisotopic (exact) mass is 308 g/mol.